The second-order valence-corrected chi connectivity index (χ2v) is 6.83. The van der Waals surface area contributed by atoms with Crippen molar-refractivity contribution in [1.29, 1.82) is 0 Å². The predicted octanol–water partition coefficient (Wildman–Crippen LogP) is 4.41. The van der Waals surface area contributed by atoms with Crippen molar-refractivity contribution in [2.75, 3.05) is 17.6 Å². The van der Waals surface area contributed by atoms with Crippen molar-refractivity contribution >= 4 is 45.4 Å². The maximum absolute atomic E-state index is 12.4. The summed E-state index contributed by atoms with van der Waals surface area (Å²) in [6.45, 7) is 0.427. The minimum atomic E-state index is -4.41. The number of alkyl halides is 3. The molecule has 1 rings (SSSR count). The molecule has 1 aromatic carbocycles. The molecule has 0 fully saturated rings. The zero-order chi connectivity index (χ0) is 19.6. The third kappa shape index (κ3) is 9.67. The lowest BCUT2D eigenvalue weighted by atomic mass is 10.1. The molecule has 0 bridgehead atoms. The highest BCUT2D eigenvalue weighted by Gasteiger charge is 2.29. The summed E-state index contributed by atoms with van der Waals surface area (Å²) in [4.78, 5) is 33.5. The van der Waals surface area contributed by atoms with Gasteiger partial charge in [-0.3, -0.25) is 14.4 Å². The first-order chi connectivity index (χ1) is 12.2. The van der Waals surface area contributed by atoms with Crippen molar-refractivity contribution < 1.29 is 27.6 Å². The fourth-order valence-electron chi connectivity index (χ4n) is 1.95. The van der Waals surface area contributed by atoms with Gasteiger partial charge < -0.3 is 10.6 Å². The fraction of sp³-hybridized carbons (Fsp3) is 0.438. The van der Waals surface area contributed by atoms with Crippen LogP contribution in [0.1, 0.15) is 31.2 Å². The van der Waals surface area contributed by atoms with Gasteiger partial charge in [0, 0.05) is 18.7 Å². The van der Waals surface area contributed by atoms with E-state index in [1.807, 2.05) is 0 Å². The van der Waals surface area contributed by atoms with Crippen molar-refractivity contribution in [1.82, 2.24) is 5.32 Å². The van der Waals surface area contributed by atoms with E-state index in [0.29, 0.717) is 43.3 Å². The van der Waals surface area contributed by atoms with Gasteiger partial charge in [0.25, 0.3) is 4.57 Å². The van der Waals surface area contributed by atoms with Gasteiger partial charge in [0.15, 0.2) is 0 Å². The molecule has 0 spiro atoms. The van der Waals surface area contributed by atoms with E-state index < -0.39 is 16.3 Å². The molecule has 0 heterocycles. The summed E-state index contributed by atoms with van der Waals surface area (Å²) >= 11 is 5.81. The van der Waals surface area contributed by atoms with Crippen molar-refractivity contribution in [3.05, 3.63) is 29.8 Å². The average Bonchev–Trinajstić information content (AvgIpc) is 2.55. The molecule has 144 valence electrons. The third-order valence-electron chi connectivity index (χ3n) is 3.22. The van der Waals surface area contributed by atoms with Crippen LogP contribution in [0, 0.1) is 0 Å². The van der Waals surface area contributed by atoms with Gasteiger partial charge in [-0.15, -0.1) is 0 Å². The number of amides is 2. The van der Waals surface area contributed by atoms with Gasteiger partial charge in [-0.2, -0.15) is 13.2 Å². The standard InChI is InChI=1S/C16H18ClF3N2O3S/c17-15(25)26-10-14(24)21-9-3-1-2-4-13(23)22-12-7-5-11(6-8-12)16(18,19)20/h5-8H,1-4,9-10H2,(H,21,24)(H,22,23). The number of hydrogen-bond acceptors (Lipinski definition) is 4. The van der Waals surface area contributed by atoms with Gasteiger partial charge in [-0.25, -0.2) is 0 Å². The summed E-state index contributed by atoms with van der Waals surface area (Å²) in [5.74, 6) is -0.604. The Bertz CT molecular complexity index is 624. The Hall–Kier alpha value is -1.74. The molecule has 0 saturated heterocycles. The summed E-state index contributed by atoms with van der Waals surface area (Å²) in [6, 6.07) is 4.24. The Morgan fingerprint density at radius 3 is 2.23 bits per heavy atom. The molecule has 0 saturated carbocycles. The van der Waals surface area contributed by atoms with Gasteiger partial charge in [-0.05, 0) is 48.7 Å². The minimum Gasteiger partial charge on any atom is -0.355 e. The summed E-state index contributed by atoms with van der Waals surface area (Å²) < 4.78 is 36.7. The lowest BCUT2D eigenvalue weighted by Gasteiger charge is -2.09. The zero-order valence-electron chi connectivity index (χ0n) is 13.7. The van der Waals surface area contributed by atoms with Crippen LogP contribution in [0.4, 0.5) is 23.7 Å². The van der Waals surface area contributed by atoms with Crippen LogP contribution in [-0.4, -0.2) is 28.7 Å². The molecule has 0 aliphatic rings. The number of nitrogens with one attached hydrogen (secondary N) is 2. The Kier molecular flexibility index (Phi) is 9.50. The van der Waals surface area contributed by atoms with E-state index in [0.717, 1.165) is 12.1 Å². The molecular weight excluding hydrogens is 393 g/mol. The molecule has 2 amide bonds. The summed E-state index contributed by atoms with van der Waals surface area (Å²) in [5.41, 5.74) is -0.465. The van der Waals surface area contributed by atoms with Crippen molar-refractivity contribution in [3.8, 4) is 0 Å². The number of benzene rings is 1. The van der Waals surface area contributed by atoms with Gasteiger partial charge in [0.05, 0.1) is 11.3 Å². The number of hydrogen-bond donors (Lipinski definition) is 2. The zero-order valence-corrected chi connectivity index (χ0v) is 15.3. The number of thioether (sulfide) groups is 1. The number of carbonyl (C=O) groups excluding carboxylic acids is 3. The Morgan fingerprint density at radius 1 is 1.00 bits per heavy atom. The fourth-order valence-corrected chi connectivity index (χ4v) is 2.46. The molecule has 0 radical (unpaired) electrons. The smallest absolute Gasteiger partial charge is 0.355 e. The molecule has 5 nitrogen and oxygen atoms in total. The molecule has 0 aliphatic carbocycles. The molecule has 0 aromatic heterocycles. The maximum Gasteiger partial charge on any atom is 0.416 e. The first kappa shape index (κ1) is 22.3. The van der Waals surface area contributed by atoms with Crippen LogP contribution in [0.3, 0.4) is 0 Å². The van der Waals surface area contributed by atoms with Gasteiger partial charge in [0.2, 0.25) is 11.8 Å². The predicted molar refractivity (Wildman–Crippen MR) is 95.3 cm³/mol. The molecule has 0 aliphatic heterocycles. The van der Waals surface area contributed by atoms with Crippen LogP contribution in [0.5, 0.6) is 0 Å². The van der Waals surface area contributed by atoms with Crippen LogP contribution in [0.2, 0.25) is 0 Å². The monoisotopic (exact) mass is 410 g/mol. The topological polar surface area (TPSA) is 75.3 Å². The highest BCUT2D eigenvalue weighted by Crippen LogP contribution is 2.29. The highest BCUT2D eigenvalue weighted by molar-refractivity contribution is 8.16. The lowest BCUT2D eigenvalue weighted by Crippen LogP contribution is -2.26. The van der Waals surface area contributed by atoms with E-state index >= 15 is 0 Å². The largest absolute Gasteiger partial charge is 0.416 e. The maximum atomic E-state index is 12.4. The molecule has 0 unspecified atom stereocenters. The summed E-state index contributed by atoms with van der Waals surface area (Å²) in [7, 11) is 0. The van der Waals surface area contributed by atoms with E-state index in [2.05, 4.69) is 10.6 Å². The minimum absolute atomic E-state index is 0.0299. The number of halogens is 4. The first-order valence-corrected chi connectivity index (χ1v) is 9.11. The van der Waals surface area contributed by atoms with Gasteiger partial charge >= 0.3 is 6.18 Å². The normalized spacial score (nSPS) is 11.1. The molecule has 26 heavy (non-hydrogen) atoms. The Balaban J connectivity index is 2.15. The second kappa shape index (κ2) is 11.1. The molecule has 2 N–H and O–H groups in total. The number of anilines is 1. The second-order valence-electron chi connectivity index (χ2n) is 5.31. The third-order valence-corrected chi connectivity index (χ3v) is 4.18. The van der Waals surface area contributed by atoms with Crippen molar-refractivity contribution in [2.24, 2.45) is 0 Å². The van der Waals surface area contributed by atoms with E-state index in [1.54, 1.807) is 0 Å². The van der Waals surface area contributed by atoms with E-state index in [9.17, 15) is 27.6 Å². The van der Waals surface area contributed by atoms with Crippen molar-refractivity contribution in [2.45, 2.75) is 31.9 Å². The van der Waals surface area contributed by atoms with Gasteiger partial charge in [0.1, 0.15) is 0 Å². The van der Waals surface area contributed by atoms with Crippen LogP contribution in [0.15, 0.2) is 24.3 Å². The van der Waals surface area contributed by atoms with Gasteiger partial charge in [-0.1, -0.05) is 18.2 Å². The van der Waals surface area contributed by atoms with Crippen LogP contribution in [-0.2, 0) is 15.8 Å². The molecular formula is C16H18ClF3N2O3S. The number of rotatable bonds is 9. The van der Waals surface area contributed by atoms with Crippen LogP contribution >= 0.6 is 23.4 Å². The number of unbranched alkanes of at least 4 members (excludes halogenated alkanes) is 2. The average molecular weight is 411 g/mol. The quantitative estimate of drug-likeness (QED) is 0.467. The molecule has 0 atom stereocenters. The van der Waals surface area contributed by atoms with Crippen LogP contribution in [0.25, 0.3) is 0 Å². The van der Waals surface area contributed by atoms with Crippen molar-refractivity contribution in [3.63, 3.8) is 0 Å². The Labute approximate surface area is 158 Å². The lowest BCUT2D eigenvalue weighted by molar-refractivity contribution is -0.137. The summed E-state index contributed by atoms with van der Waals surface area (Å²) in [5, 5.41) is 5.15. The number of carbonyl (C=O) groups is 3. The Morgan fingerprint density at radius 2 is 1.65 bits per heavy atom. The molecule has 1 aromatic rings. The van der Waals surface area contributed by atoms with E-state index in [4.69, 9.17) is 11.6 Å². The summed E-state index contributed by atoms with van der Waals surface area (Å²) in [6.07, 6.45) is -2.24. The SMILES string of the molecule is O=C(CSC(=O)Cl)NCCCCCC(=O)Nc1ccc(C(F)(F)F)cc1. The van der Waals surface area contributed by atoms with E-state index in [1.165, 1.54) is 12.1 Å². The van der Waals surface area contributed by atoms with E-state index in [-0.39, 0.29) is 24.0 Å². The first-order valence-electron chi connectivity index (χ1n) is 7.74. The molecule has 10 heteroatoms. The van der Waals surface area contributed by atoms with Crippen LogP contribution < -0.4 is 10.6 Å². The highest BCUT2D eigenvalue weighted by atomic mass is 35.5.